The smallest absolute Gasteiger partial charge is 0.257 e. The topological polar surface area (TPSA) is 87.3 Å². The van der Waals surface area contributed by atoms with Crippen LogP contribution < -0.4 is 16.0 Å². The standard InChI is InChI=1S/C24H21N3O3/c28-22(17-13-14-17)25-18-9-6-10-19(15-18)26-24(30)20-11-4-5-12-21(20)27-23(29)16-7-2-1-3-8-16/h1-12,15,17H,13-14H2,(H,25,28)(H,26,30)(H,27,29). The number of para-hydroxylation sites is 1. The third kappa shape index (κ3) is 4.72. The van der Waals surface area contributed by atoms with Crippen molar-refractivity contribution in [3.63, 3.8) is 0 Å². The van der Waals surface area contributed by atoms with Crippen LogP contribution in [0.3, 0.4) is 0 Å². The largest absolute Gasteiger partial charge is 0.326 e. The van der Waals surface area contributed by atoms with Gasteiger partial charge in [0, 0.05) is 22.9 Å². The summed E-state index contributed by atoms with van der Waals surface area (Å²) in [5.74, 6) is -0.541. The number of nitrogens with one attached hydrogen (secondary N) is 3. The van der Waals surface area contributed by atoms with Crippen LogP contribution in [0.5, 0.6) is 0 Å². The molecule has 0 atom stereocenters. The van der Waals surface area contributed by atoms with Crippen LogP contribution in [0, 0.1) is 5.92 Å². The Morgan fingerprint density at radius 1 is 0.667 bits per heavy atom. The van der Waals surface area contributed by atoms with Crippen LogP contribution in [0.1, 0.15) is 33.6 Å². The summed E-state index contributed by atoms with van der Waals surface area (Å²) in [5.41, 5.74) is 2.45. The average molecular weight is 399 g/mol. The molecule has 0 spiro atoms. The molecule has 150 valence electrons. The van der Waals surface area contributed by atoms with Gasteiger partial charge in [0.2, 0.25) is 5.91 Å². The fourth-order valence-corrected chi connectivity index (χ4v) is 3.04. The molecule has 3 amide bonds. The first kappa shape index (κ1) is 19.4. The van der Waals surface area contributed by atoms with E-state index in [0.717, 1.165) is 12.8 Å². The quantitative estimate of drug-likeness (QED) is 0.569. The van der Waals surface area contributed by atoms with E-state index in [1.54, 1.807) is 72.8 Å². The Morgan fingerprint density at radius 2 is 1.33 bits per heavy atom. The molecule has 30 heavy (non-hydrogen) atoms. The first-order valence-corrected chi connectivity index (χ1v) is 9.78. The van der Waals surface area contributed by atoms with Crippen LogP contribution in [0.2, 0.25) is 0 Å². The van der Waals surface area contributed by atoms with Gasteiger partial charge in [-0.2, -0.15) is 0 Å². The van der Waals surface area contributed by atoms with Crippen molar-refractivity contribution in [3.8, 4) is 0 Å². The maximum Gasteiger partial charge on any atom is 0.257 e. The van der Waals surface area contributed by atoms with E-state index in [4.69, 9.17) is 0 Å². The first-order chi connectivity index (χ1) is 14.6. The van der Waals surface area contributed by atoms with Crippen molar-refractivity contribution in [1.82, 2.24) is 0 Å². The second-order valence-electron chi connectivity index (χ2n) is 7.16. The summed E-state index contributed by atoms with van der Waals surface area (Å²) in [5, 5.41) is 8.49. The number of hydrogen-bond acceptors (Lipinski definition) is 3. The van der Waals surface area contributed by atoms with Crippen molar-refractivity contribution < 1.29 is 14.4 Å². The van der Waals surface area contributed by atoms with Crippen molar-refractivity contribution in [2.45, 2.75) is 12.8 Å². The Balaban J connectivity index is 1.47. The lowest BCUT2D eigenvalue weighted by molar-refractivity contribution is -0.117. The van der Waals surface area contributed by atoms with Gasteiger partial charge < -0.3 is 16.0 Å². The van der Waals surface area contributed by atoms with Crippen molar-refractivity contribution in [1.29, 1.82) is 0 Å². The molecule has 1 aliphatic rings. The molecule has 0 saturated heterocycles. The SMILES string of the molecule is O=C(Nc1ccccc1C(=O)Nc1cccc(NC(=O)C2CC2)c1)c1ccccc1. The van der Waals surface area contributed by atoms with E-state index in [9.17, 15) is 14.4 Å². The lowest BCUT2D eigenvalue weighted by Gasteiger charge is -2.12. The van der Waals surface area contributed by atoms with Gasteiger partial charge >= 0.3 is 0 Å². The zero-order valence-corrected chi connectivity index (χ0v) is 16.2. The van der Waals surface area contributed by atoms with E-state index in [0.29, 0.717) is 28.2 Å². The maximum atomic E-state index is 12.9. The van der Waals surface area contributed by atoms with Gasteiger partial charge in [0.1, 0.15) is 0 Å². The molecule has 1 fully saturated rings. The van der Waals surface area contributed by atoms with Crippen LogP contribution in [-0.2, 0) is 4.79 Å². The minimum atomic E-state index is -0.357. The van der Waals surface area contributed by atoms with Gasteiger partial charge in [0.25, 0.3) is 11.8 Å². The van der Waals surface area contributed by atoms with Crippen molar-refractivity contribution in [3.05, 3.63) is 90.0 Å². The Labute approximate surface area is 174 Å². The molecule has 0 aromatic heterocycles. The second kappa shape index (κ2) is 8.61. The Kier molecular flexibility index (Phi) is 5.57. The number of anilines is 3. The molecule has 6 nitrogen and oxygen atoms in total. The summed E-state index contributed by atoms with van der Waals surface area (Å²) in [4.78, 5) is 37.3. The summed E-state index contributed by atoms with van der Waals surface area (Å²) in [7, 11) is 0. The molecular formula is C24H21N3O3. The van der Waals surface area contributed by atoms with Crippen molar-refractivity contribution in [2.75, 3.05) is 16.0 Å². The lowest BCUT2D eigenvalue weighted by atomic mass is 10.1. The molecule has 6 heteroatoms. The summed E-state index contributed by atoms with van der Waals surface area (Å²) in [6.07, 6.45) is 1.85. The van der Waals surface area contributed by atoms with Crippen molar-refractivity contribution in [2.24, 2.45) is 5.92 Å². The average Bonchev–Trinajstić information content (AvgIpc) is 3.60. The summed E-state index contributed by atoms with van der Waals surface area (Å²) in [6, 6.07) is 22.6. The zero-order valence-electron chi connectivity index (χ0n) is 16.2. The van der Waals surface area contributed by atoms with Crippen LogP contribution >= 0.6 is 0 Å². The monoisotopic (exact) mass is 399 g/mol. The molecule has 3 N–H and O–H groups in total. The van der Waals surface area contributed by atoms with Gasteiger partial charge in [0.15, 0.2) is 0 Å². The predicted octanol–water partition coefficient (Wildman–Crippen LogP) is 4.54. The van der Waals surface area contributed by atoms with Gasteiger partial charge in [0.05, 0.1) is 11.3 Å². The van der Waals surface area contributed by atoms with E-state index < -0.39 is 0 Å². The highest BCUT2D eigenvalue weighted by atomic mass is 16.2. The molecule has 0 radical (unpaired) electrons. The number of carbonyl (C=O) groups excluding carboxylic acids is 3. The second-order valence-corrected chi connectivity index (χ2v) is 7.16. The molecule has 0 aliphatic heterocycles. The third-order valence-electron chi connectivity index (χ3n) is 4.79. The molecule has 1 saturated carbocycles. The number of rotatable bonds is 6. The van der Waals surface area contributed by atoms with Crippen LogP contribution in [0.25, 0.3) is 0 Å². The highest BCUT2D eigenvalue weighted by Gasteiger charge is 2.29. The van der Waals surface area contributed by atoms with Gasteiger partial charge in [-0.25, -0.2) is 0 Å². The minimum Gasteiger partial charge on any atom is -0.326 e. The molecule has 0 heterocycles. The van der Waals surface area contributed by atoms with Gasteiger partial charge in [-0.15, -0.1) is 0 Å². The maximum absolute atomic E-state index is 12.9. The molecule has 3 aromatic carbocycles. The first-order valence-electron chi connectivity index (χ1n) is 9.78. The van der Waals surface area contributed by atoms with Crippen LogP contribution in [-0.4, -0.2) is 17.7 Å². The molecule has 0 unspecified atom stereocenters. The zero-order chi connectivity index (χ0) is 20.9. The highest BCUT2D eigenvalue weighted by Crippen LogP contribution is 2.30. The van der Waals surface area contributed by atoms with E-state index >= 15 is 0 Å². The van der Waals surface area contributed by atoms with Gasteiger partial charge in [-0.05, 0) is 55.3 Å². The Hall–Kier alpha value is -3.93. The van der Waals surface area contributed by atoms with E-state index in [-0.39, 0.29) is 23.6 Å². The normalized spacial score (nSPS) is 12.7. The van der Waals surface area contributed by atoms with Crippen LogP contribution in [0.4, 0.5) is 17.1 Å². The highest BCUT2D eigenvalue weighted by molar-refractivity contribution is 6.12. The summed E-state index contributed by atoms with van der Waals surface area (Å²) >= 11 is 0. The molecule has 4 rings (SSSR count). The molecule has 1 aliphatic carbocycles. The fourth-order valence-electron chi connectivity index (χ4n) is 3.04. The van der Waals surface area contributed by atoms with Gasteiger partial charge in [-0.3, -0.25) is 14.4 Å². The van der Waals surface area contributed by atoms with Crippen molar-refractivity contribution >= 4 is 34.8 Å². The summed E-state index contributed by atoms with van der Waals surface area (Å²) < 4.78 is 0. The predicted molar refractivity (Wildman–Crippen MR) is 117 cm³/mol. The Bertz CT molecular complexity index is 1090. The Morgan fingerprint density at radius 3 is 2.07 bits per heavy atom. The molecular weight excluding hydrogens is 378 g/mol. The minimum absolute atomic E-state index is 0.00689. The molecule has 3 aromatic rings. The number of hydrogen-bond donors (Lipinski definition) is 3. The third-order valence-corrected chi connectivity index (χ3v) is 4.79. The van der Waals surface area contributed by atoms with Crippen LogP contribution in [0.15, 0.2) is 78.9 Å². The molecule has 0 bridgehead atoms. The summed E-state index contributed by atoms with van der Waals surface area (Å²) in [6.45, 7) is 0. The number of benzene rings is 3. The van der Waals surface area contributed by atoms with Gasteiger partial charge in [-0.1, -0.05) is 36.4 Å². The fraction of sp³-hybridized carbons (Fsp3) is 0.125. The number of carbonyl (C=O) groups is 3. The lowest BCUT2D eigenvalue weighted by Crippen LogP contribution is -2.18. The van der Waals surface area contributed by atoms with E-state index in [1.807, 2.05) is 6.07 Å². The van der Waals surface area contributed by atoms with E-state index in [2.05, 4.69) is 16.0 Å². The number of amides is 3. The van der Waals surface area contributed by atoms with E-state index in [1.165, 1.54) is 0 Å².